The normalized spacial score (nSPS) is 18.4. The molecule has 7 heteroatoms. The summed E-state index contributed by atoms with van der Waals surface area (Å²) in [6.45, 7) is 8.67. The molecule has 0 atom stereocenters. The summed E-state index contributed by atoms with van der Waals surface area (Å²) < 4.78 is 10.8. The van der Waals surface area contributed by atoms with Gasteiger partial charge >= 0.3 is 0 Å². The van der Waals surface area contributed by atoms with Gasteiger partial charge in [-0.15, -0.1) is 0 Å². The zero-order valence-corrected chi connectivity index (χ0v) is 15.6. The van der Waals surface area contributed by atoms with Gasteiger partial charge in [-0.1, -0.05) is 24.3 Å². The Balaban J connectivity index is 1.30. The molecule has 1 aromatic carbocycles. The first-order chi connectivity index (χ1) is 13.4. The summed E-state index contributed by atoms with van der Waals surface area (Å²) in [7, 11) is 0. The van der Waals surface area contributed by atoms with E-state index in [0.717, 1.165) is 65.0 Å². The van der Waals surface area contributed by atoms with Crippen LogP contribution < -0.4 is 10.2 Å². The molecular formula is C20H27N5O2. The van der Waals surface area contributed by atoms with Crippen LogP contribution in [-0.2, 0) is 22.6 Å². The quantitative estimate of drug-likeness (QED) is 0.832. The molecule has 2 aliphatic rings. The average molecular weight is 369 g/mol. The fourth-order valence-corrected chi connectivity index (χ4v) is 3.36. The number of aromatic nitrogens is 2. The molecule has 0 unspecified atom stereocenters. The smallest absolute Gasteiger partial charge is 0.224 e. The second kappa shape index (κ2) is 9.12. The van der Waals surface area contributed by atoms with Crippen LogP contribution in [-0.4, -0.2) is 67.5 Å². The van der Waals surface area contributed by atoms with Gasteiger partial charge in [0.15, 0.2) is 0 Å². The highest BCUT2D eigenvalue weighted by atomic mass is 16.5. The van der Waals surface area contributed by atoms with Crippen LogP contribution in [0.1, 0.15) is 11.1 Å². The lowest BCUT2D eigenvalue weighted by molar-refractivity contribution is 0.0342. The minimum absolute atomic E-state index is 0.663. The van der Waals surface area contributed by atoms with Gasteiger partial charge in [0.2, 0.25) is 5.95 Å². The molecule has 0 bridgehead atoms. The van der Waals surface area contributed by atoms with Crippen molar-refractivity contribution in [1.82, 2.24) is 14.9 Å². The molecule has 1 aromatic heterocycles. The molecular weight excluding hydrogens is 342 g/mol. The molecule has 1 N–H and O–H groups in total. The minimum atomic E-state index is 0.663. The fourth-order valence-electron chi connectivity index (χ4n) is 3.36. The Morgan fingerprint density at radius 3 is 2.26 bits per heavy atom. The van der Waals surface area contributed by atoms with E-state index in [1.807, 2.05) is 12.3 Å². The van der Waals surface area contributed by atoms with E-state index in [0.29, 0.717) is 12.5 Å². The lowest BCUT2D eigenvalue weighted by Gasteiger charge is -2.27. The molecule has 3 heterocycles. The number of hydrogen-bond donors (Lipinski definition) is 1. The SMILES string of the molecule is c1cc(N2CCOCC2)nc(NCc2ccc(CN3CCOCC3)cc2)n1. The topological polar surface area (TPSA) is 62.8 Å². The summed E-state index contributed by atoms with van der Waals surface area (Å²) in [4.78, 5) is 13.6. The van der Waals surface area contributed by atoms with Crippen molar-refractivity contribution in [2.75, 3.05) is 62.8 Å². The largest absolute Gasteiger partial charge is 0.379 e. The molecule has 7 nitrogen and oxygen atoms in total. The number of rotatable bonds is 6. The molecule has 0 aliphatic carbocycles. The number of benzene rings is 1. The van der Waals surface area contributed by atoms with E-state index in [2.05, 4.69) is 49.4 Å². The van der Waals surface area contributed by atoms with Gasteiger partial charge in [0, 0.05) is 45.5 Å². The average Bonchev–Trinajstić information content (AvgIpc) is 2.75. The van der Waals surface area contributed by atoms with E-state index in [-0.39, 0.29) is 0 Å². The monoisotopic (exact) mass is 369 g/mol. The third kappa shape index (κ3) is 5.15. The third-order valence-electron chi connectivity index (χ3n) is 4.96. The number of anilines is 2. The first-order valence-electron chi connectivity index (χ1n) is 9.64. The third-order valence-corrected chi connectivity index (χ3v) is 4.96. The van der Waals surface area contributed by atoms with Gasteiger partial charge in [-0.05, 0) is 17.2 Å². The van der Waals surface area contributed by atoms with Gasteiger partial charge in [0.05, 0.1) is 26.4 Å². The first kappa shape index (κ1) is 18.2. The predicted octanol–water partition coefficient (Wildman–Crippen LogP) is 1.76. The van der Waals surface area contributed by atoms with Gasteiger partial charge in [-0.25, -0.2) is 4.98 Å². The molecule has 2 aromatic rings. The highest BCUT2D eigenvalue weighted by Gasteiger charge is 2.13. The van der Waals surface area contributed by atoms with E-state index in [1.165, 1.54) is 11.1 Å². The molecule has 0 radical (unpaired) electrons. The molecule has 144 valence electrons. The second-order valence-electron chi connectivity index (χ2n) is 6.90. The fraction of sp³-hybridized carbons (Fsp3) is 0.500. The van der Waals surface area contributed by atoms with Crippen molar-refractivity contribution in [3.05, 3.63) is 47.7 Å². The molecule has 4 rings (SSSR count). The Kier molecular flexibility index (Phi) is 6.13. The molecule has 0 saturated carbocycles. The van der Waals surface area contributed by atoms with Crippen molar-refractivity contribution in [3.63, 3.8) is 0 Å². The van der Waals surface area contributed by atoms with Crippen molar-refractivity contribution in [1.29, 1.82) is 0 Å². The summed E-state index contributed by atoms with van der Waals surface area (Å²) >= 11 is 0. The molecule has 2 aliphatic heterocycles. The Labute approximate surface area is 160 Å². The van der Waals surface area contributed by atoms with Crippen LogP contribution >= 0.6 is 0 Å². The summed E-state index contributed by atoms with van der Waals surface area (Å²) in [5.41, 5.74) is 2.56. The maximum absolute atomic E-state index is 5.41. The maximum Gasteiger partial charge on any atom is 0.224 e. The lowest BCUT2D eigenvalue weighted by atomic mass is 10.1. The van der Waals surface area contributed by atoms with E-state index in [4.69, 9.17) is 9.47 Å². The highest BCUT2D eigenvalue weighted by Crippen LogP contribution is 2.15. The first-order valence-corrected chi connectivity index (χ1v) is 9.64. The van der Waals surface area contributed by atoms with Crippen LogP contribution in [0.2, 0.25) is 0 Å². The van der Waals surface area contributed by atoms with E-state index >= 15 is 0 Å². The van der Waals surface area contributed by atoms with Crippen LogP contribution in [0, 0.1) is 0 Å². The Hall–Kier alpha value is -2.22. The Morgan fingerprint density at radius 2 is 1.52 bits per heavy atom. The van der Waals surface area contributed by atoms with Crippen molar-refractivity contribution in [2.45, 2.75) is 13.1 Å². The maximum atomic E-state index is 5.41. The predicted molar refractivity (Wildman–Crippen MR) is 105 cm³/mol. The number of hydrogen-bond acceptors (Lipinski definition) is 7. The van der Waals surface area contributed by atoms with Crippen molar-refractivity contribution in [2.24, 2.45) is 0 Å². The number of nitrogens with zero attached hydrogens (tertiary/aromatic N) is 4. The van der Waals surface area contributed by atoms with Crippen molar-refractivity contribution >= 4 is 11.8 Å². The number of morpholine rings is 2. The summed E-state index contributed by atoms with van der Waals surface area (Å²) in [6.07, 6.45) is 1.81. The van der Waals surface area contributed by atoms with Gasteiger partial charge in [-0.3, -0.25) is 4.90 Å². The molecule has 2 saturated heterocycles. The summed E-state index contributed by atoms with van der Waals surface area (Å²) in [5, 5.41) is 3.33. The van der Waals surface area contributed by atoms with E-state index < -0.39 is 0 Å². The molecule has 0 spiro atoms. The van der Waals surface area contributed by atoms with Crippen LogP contribution in [0.3, 0.4) is 0 Å². The van der Waals surface area contributed by atoms with Gasteiger partial charge < -0.3 is 19.7 Å². The number of nitrogens with one attached hydrogen (secondary N) is 1. The minimum Gasteiger partial charge on any atom is -0.379 e. The lowest BCUT2D eigenvalue weighted by Crippen LogP contribution is -2.36. The summed E-state index contributed by atoms with van der Waals surface area (Å²) in [5.74, 6) is 1.62. The van der Waals surface area contributed by atoms with E-state index in [9.17, 15) is 0 Å². The Bertz CT molecular complexity index is 713. The van der Waals surface area contributed by atoms with Crippen LogP contribution in [0.4, 0.5) is 11.8 Å². The van der Waals surface area contributed by atoms with Crippen LogP contribution in [0.5, 0.6) is 0 Å². The van der Waals surface area contributed by atoms with Crippen LogP contribution in [0.15, 0.2) is 36.5 Å². The molecule has 0 amide bonds. The van der Waals surface area contributed by atoms with E-state index in [1.54, 1.807) is 0 Å². The highest BCUT2D eigenvalue weighted by molar-refractivity contribution is 5.43. The van der Waals surface area contributed by atoms with Crippen LogP contribution in [0.25, 0.3) is 0 Å². The summed E-state index contributed by atoms with van der Waals surface area (Å²) in [6, 6.07) is 10.7. The zero-order valence-electron chi connectivity index (χ0n) is 15.6. The second-order valence-corrected chi connectivity index (χ2v) is 6.90. The zero-order chi connectivity index (χ0) is 18.3. The van der Waals surface area contributed by atoms with Crippen molar-refractivity contribution in [3.8, 4) is 0 Å². The van der Waals surface area contributed by atoms with Crippen molar-refractivity contribution < 1.29 is 9.47 Å². The number of ether oxygens (including phenoxy) is 2. The van der Waals surface area contributed by atoms with Gasteiger partial charge in [0.1, 0.15) is 5.82 Å². The molecule has 27 heavy (non-hydrogen) atoms. The molecule has 2 fully saturated rings. The standard InChI is InChI=1S/C20H27N5O2/c1-3-18(16-24-7-11-26-12-8-24)4-2-17(1)15-22-20-21-6-5-19(23-20)25-9-13-27-14-10-25/h1-6H,7-16H2,(H,21,22,23). The Morgan fingerprint density at radius 1 is 0.852 bits per heavy atom. The van der Waals surface area contributed by atoms with Gasteiger partial charge in [-0.2, -0.15) is 4.98 Å². The van der Waals surface area contributed by atoms with Gasteiger partial charge in [0.25, 0.3) is 0 Å².